The fourth-order valence-electron chi connectivity index (χ4n) is 2.78. The second-order valence-electron chi connectivity index (χ2n) is 4.76. The maximum absolute atomic E-state index is 4.13. The number of rotatable bonds is 2. The van der Waals surface area contributed by atoms with Gasteiger partial charge in [0.25, 0.3) is 0 Å². The lowest BCUT2D eigenvalue weighted by molar-refractivity contribution is 0.302. The SMILES string of the molecule is Cl.Cn1cc(CN2C[C@H]3CNC[C@H]3C2)nn1. The first kappa shape index (κ1) is 11.8. The highest BCUT2D eigenvalue weighted by Gasteiger charge is 2.35. The molecule has 0 bridgehead atoms. The maximum Gasteiger partial charge on any atom is 0.0967 e. The molecule has 0 radical (unpaired) electrons. The molecule has 16 heavy (non-hydrogen) atoms. The van der Waals surface area contributed by atoms with Crippen molar-refractivity contribution in [3.05, 3.63) is 11.9 Å². The van der Waals surface area contributed by atoms with Crippen LogP contribution < -0.4 is 5.32 Å². The molecule has 0 unspecified atom stereocenters. The Hall–Kier alpha value is -0.650. The summed E-state index contributed by atoms with van der Waals surface area (Å²) in [6, 6.07) is 0. The number of fused-ring (bicyclic) bond motifs is 1. The van der Waals surface area contributed by atoms with Crippen molar-refractivity contribution >= 4 is 12.4 Å². The molecule has 2 atom stereocenters. The highest BCUT2D eigenvalue weighted by atomic mass is 35.5. The number of aromatic nitrogens is 3. The number of nitrogens with one attached hydrogen (secondary N) is 1. The van der Waals surface area contributed by atoms with Gasteiger partial charge in [-0.2, -0.15) is 0 Å². The molecule has 3 rings (SSSR count). The number of halogens is 1. The van der Waals surface area contributed by atoms with Gasteiger partial charge in [-0.25, -0.2) is 0 Å². The van der Waals surface area contributed by atoms with Crippen molar-refractivity contribution in [1.29, 1.82) is 0 Å². The van der Waals surface area contributed by atoms with Crippen LogP contribution in [0.25, 0.3) is 0 Å². The average Bonchev–Trinajstić information content (AvgIpc) is 2.81. The van der Waals surface area contributed by atoms with Crippen LogP contribution in [0.4, 0.5) is 0 Å². The second-order valence-corrected chi connectivity index (χ2v) is 4.76. The van der Waals surface area contributed by atoms with Gasteiger partial charge in [-0.15, -0.1) is 17.5 Å². The molecular weight excluding hydrogens is 226 g/mol. The van der Waals surface area contributed by atoms with Crippen LogP contribution in [0, 0.1) is 11.8 Å². The minimum Gasteiger partial charge on any atom is -0.316 e. The molecule has 0 saturated carbocycles. The molecule has 6 heteroatoms. The highest BCUT2D eigenvalue weighted by Crippen LogP contribution is 2.26. The van der Waals surface area contributed by atoms with Gasteiger partial charge in [0.05, 0.1) is 5.69 Å². The molecule has 2 fully saturated rings. The molecule has 2 aliphatic heterocycles. The van der Waals surface area contributed by atoms with Gasteiger partial charge in [0.1, 0.15) is 0 Å². The van der Waals surface area contributed by atoms with E-state index in [1.807, 2.05) is 13.2 Å². The molecule has 0 aliphatic carbocycles. The summed E-state index contributed by atoms with van der Waals surface area (Å²) in [5, 5.41) is 11.5. The summed E-state index contributed by atoms with van der Waals surface area (Å²) in [4.78, 5) is 2.50. The van der Waals surface area contributed by atoms with Crippen molar-refractivity contribution in [2.45, 2.75) is 6.54 Å². The standard InChI is InChI=1S/C10H17N5.ClH/c1-14-6-10(12-13-14)7-15-4-8-2-11-3-9(8)5-15;/h6,8-9,11H,2-5,7H2,1H3;1H/t8-,9+;. The highest BCUT2D eigenvalue weighted by molar-refractivity contribution is 5.85. The van der Waals surface area contributed by atoms with E-state index in [0.717, 1.165) is 24.1 Å². The fraction of sp³-hybridized carbons (Fsp3) is 0.800. The van der Waals surface area contributed by atoms with Gasteiger partial charge in [-0.1, -0.05) is 5.21 Å². The van der Waals surface area contributed by atoms with E-state index in [9.17, 15) is 0 Å². The van der Waals surface area contributed by atoms with E-state index in [4.69, 9.17) is 0 Å². The number of hydrogen-bond donors (Lipinski definition) is 1. The molecule has 2 saturated heterocycles. The summed E-state index contributed by atoms with van der Waals surface area (Å²) in [6.45, 7) is 5.78. The van der Waals surface area contributed by atoms with Crippen molar-refractivity contribution in [3.63, 3.8) is 0 Å². The van der Waals surface area contributed by atoms with Gasteiger partial charge in [-0.05, 0) is 24.9 Å². The van der Waals surface area contributed by atoms with E-state index in [2.05, 4.69) is 20.5 Å². The van der Waals surface area contributed by atoms with Gasteiger partial charge in [0, 0.05) is 32.9 Å². The Bertz CT molecular complexity index is 341. The largest absolute Gasteiger partial charge is 0.316 e. The van der Waals surface area contributed by atoms with Gasteiger partial charge in [0.2, 0.25) is 0 Å². The smallest absolute Gasteiger partial charge is 0.0967 e. The first-order chi connectivity index (χ1) is 7.31. The summed E-state index contributed by atoms with van der Waals surface area (Å²) < 4.78 is 1.77. The Morgan fingerprint density at radius 3 is 2.62 bits per heavy atom. The zero-order chi connectivity index (χ0) is 10.3. The Labute approximate surface area is 102 Å². The van der Waals surface area contributed by atoms with Crippen molar-refractivity contribution in [1.82, 2.24) is 25.2 Å². The third kappa shape index (κ3) is 2.21. The minimum atomic E-state index is 0. The average molecular weight is 244 g/mol. The van der Waals surface area contributed by atoms with Crippen LogP contribution in [0.2, 0.25) is 0 Å². The second kappa shape index (κ2) is 4.69. The van der Waals surface area contributed by atoms with Crippen LogP contribution >= 0.6 is 12.4 Å². The summed E-state index contributed by atoms with van der Waals surface area (Å²) in [5.41, 5.74) is 1.09. The topological polar surface area (TPSA) is 46.0 Å². The van der Waals surface area contributed by atoms with Crippen molar-refractivity contribution < 1.29 is 0 Å². The summed E-state index contributed by atoms with van der Waals surface area (Å²) in [5.74, 6) is 1.73. The van der Waals surface area contributed by atoms with Crippen LogP contribution in [0.1, 0.15) is 5.69 Å². The molecule has 0 spiro atoms. The summed E-state index contributed by atoms with van der Waals surface area (Å²) >= 11 is 0. The lowest BCUT2D eigenvalue weighted by Gasteiger charge is -2.14. The first-order valence-corrected chi connectivity index (χ1v) is 5.59. The van der Waals surface area contributed by atoms with Gasteiger partial charge in [0.15, 0.2) is 0 Å². The van der Waals surface area contributed by atoms with Crippen molar-refractivity contribution in [3.8, 4) is 0 Å². The Balaban J connectivity index is 0.000000963. The molecule has 2 aliphatic rings. The Kier molecular flexibility index (Phi) is 3.47. The first-order valence-electron chi connectivity index (χ1n) is 5.59. The van der Waals surface area contributed by atoms with E-state index < -0.39 is 0 Å². The van der Waals surface area contributed by atoms with Gasteiger partial charge in [-0.3, -0.25) is 9.58 Å². The van der Waals surface area contributed by atoms with E-state index in [-0.39, 0.29) is 12.4 Å². The van der Waals surface area contributed by atoms with E-state index >= 15 is 0 Å². The van der Waals surface area contributed by atoms with Gasteiger partial charge < -0.3 is 5.32 Å². The number of likely N-dealkylation sites (tertiary alicyclic amines) is 1. The van der Waals surface area contributed by atoms with Crippen LogP contribution in [0.5, 0.6) is 0 Å². The molecular formula is C10H18ClN5. The van der Waals surface area contributed by atoms with E-state index in [0.29, 0.717) is 0 Å². The molecule has 0 aromatic carbocycles. The summed E-state index contributed by atoms with van der Waals surface area (Å²) in [7, 11) is 1.92. The van der Waals surface area contributed by atoms with Crippen LogP contribution in [-0.4, -0.2) is 46.1 Å². The van der Waals surface area contributed by atoms with Gasteiger partial charge >= 0.3 is 0 Å². The number of nitrogens with zero attached hydrogens (tertiary/aromatic N) is 4. The predicted molar refractivity (Wildman–Crippen MR) is 63.4 cm³/mol. The van der Waals surface area contributed by atoms with E-state index in [1.165, 1.54) is 26.2 Å². The van der Waals surface area contributed by atoms with Crippen LogP contribution in [0.15, 0.2) is 6.20 Å². The third-order valence-electron chi connectivity index (χ3n) is 3.50. The van der Waals surface area contributed by atoms with Crippen LogP contribution in [-0.2, 0) is 13.6 Å². The molecule has 1 aromatic rings. The Morgan fingerprint density at radius 2 is 2.06 bits per heavy atom. The third-order valence-corrected chi connectivity index (χ3v) is 3.50. The normalized spacial score (nSPS) is 29.1. The fourth-order valence-corrected chi connectivity index (χ4v) is 2.78. The predicted octanol–water partition coefficient (Wildman–Crippen LogP) is -0.112. The van der Waals surface area contributed by atoms with E-state index in [1.54, 1.807) is 4.68 Å². The molecule has 90 valence electrons. The number of aryl methyl sites for hydroxylation is 1. The van der Waals surface area contributed by atoms with Crippen LogP contribution in [0.3, 0.4) is 0 Å². The zero-order valence-corrected chi connectivity index (χ0v) is 10.3. The lowest BCUT2D eigenvalue weighted by atomic mass is 10.0. The Morgan fingerprint density at radius 1 is 1.38 bits per heavy atom. The quantitative estimate of drug-likeness (QED) is 0.788. The molecule has 3 heterocycles. The monoisotopic (exact) mass is 243 g/mol. The number of hydrogen-bond acceptors (Lipinski definition) is 4. The van der Waals surface area contributed by atoms with Crippen molar-refractivity contribution in [2.24, 2.45) is 18.9 Å². The zero-order valence-electron chi connectivity index (χ0n) is 9.46. The van der Waals surface area contributed by atoms with Crippen molar-refractivity contribution in [2.75, 3.05) is 26.2 Å². The maximum atomic E-state index is 4.13. The molecule has 1 aromatic heterocycles. The molecule has 0 amide bonds. The minimum absolute atomic E-state index is 0. The summed E-state index contributed by atoms with van der Waals surface area (Å²) in [6.07, 6.45) is 2.01. The molecule has 5 nitrogen and oxygen atoms in total. The molecule has 1 N–H and O–H groups in total. The lowest BCUT2D eigenvalue weighted by Crippen LogP contribution is -2.25.